The first-order valence-corrected chi connectivity index (χ1v) is 8.56. The summed E-state index contributed by atoms with van der Waals surface area (Å²) in [6, 6.07) is 1.23. The zero-order chi connectivity index (χ0) is 20.6. The third kappa shape index (κ3) is 3.91. The van der Waals surface area contributed by atoms with Gasteiger partial charge in [0.05, 0.1) is 20.5 Å². The molecule has 1 aliphatic heterocycles. The Morgan fingerprint density at radius 1 is 1.36 bits per heavy atom. The lowest BCUT2D eigenvalue weighted by Crippen LogP contribution is -2.28. The van der Waals surface area contributed by atoms with Gasteiger partial charge in [0.15, 0.2) is 0 Å². The first kappa shape index (κ1) is 20.4. The van der Waals surface area contributed by atoms with Crippen LogP contribution in [0.3, 0.4) is 0 Å². The second-order valence-corrected chi connectivity index (χ2v) is 6.64. The molecule has 1 fully saturated rings. The van der Waals surface area contributed by atoms with Crippen molar-refractivity contribution < 1.29 is 27.6 Å². The van der Waals surface area contributed by atoms with Crippen LogP contribution in [-0.4, -0.2) is 33.3 Å². The van der Waals surface area contributed by atoms with Gasteiger partial charge >= 0.3 is 11.9 Å². The Labute approximate surface area is 165 Å². The summed E-state index contributed by atoms with van der Waals surface area (Å²) in [5, 5.41) is 16.5. The average molecular weight is 439 g/mol. The topological polar surface area (TPSA) is 99.3 Å². The van der Waals surface area contributed by atoms with E-state index in [1.807, 2.05) is 0 Å². The van der Waals surface area contributed by atoms with Crippen molar-refractivity contribution in [2.24, 2.45) is 0 Å². The summed E-state index contributed by atoms with van der Waals surface area (Å²) in [6.07, 6.45) is -3.60. The van der Waals surface area contributed by atoms with Crippen LogP contribution in [0.4, 0.5) is 24.7 Å². The molecule has 1 aliphatic rings. The van der Waals surface area contributed by atoms with E-state index in [-0.39, 0.29) is 5.69 Å². The SMILES string of the molecule is O=C(Nc1c([N+](=O)[O-])cnn1-c1c(Cl)cc(C(F)(F)F)cc1Cl)C1CCCO1. The molecular weight excluding hydrogens is 428 g/mol. The number of rotatable bonds is 4. The maximum absolute atomic E-state index is 12.9. The minimum Gasteiger partial charge on any atom is -0.368 e. The fourth-order valence-corrected chi connectivity index (χ4v) is 3.32. The lowest BCUT2D eigenvalue weighted by atomic mass is 10.2. The molecule has 0 saturated carbocycles. The zero-order valence-electron chi connectivity index (χ0n) is 13.8. The van der Waals surface area contributed by atoms with Crippen LogP contribution in [-0.2, 0) is 15.7 Å². The molecule has 1 amide bonds. The molecule has 28 heavy (non-hydrogen) atoms. The van der Waals surface area contributed by atoms with Crippen LogP contribution in [0.5, 0.6) is 0 Å². The van der Waals surface area contributed by atoms with Crippen LogP contribution >= 0.6 is 23.2 Å². The summed E-state index contributed by atoms with van der Waals surface area (Å²) in [5.41, 5.74) is -1.93. The van der Waals surface area contributed by atoms with Gasteiger partial charge in [0.2, 0.25) is 5.82 Å². The third-order valence-corrected chi connectivity index (χ3v) is 4.54. The molecule has 1 N–H and O–H groups in total. The average Bonchev–Trinajstić information content (AvgIpc) is 3.23. The molecule has 1 aromatic heterocycles. The fraction of sp³-hybridized carbons (Fsp3) is 0.333. The number of nitrogens with one attached hydrogen (secondary N) is 1. The summed E-state index contributed by atoms with van der Waals surface area (Å²) in [6.45, 7) is 0.371. The van der Waals surface area contributed by atoms with E-state index in [1.165, 1.54) is 0 Å². The van der Waals surface area contributed by atoms with Crippen LogP contribution in [0, 0.1) is 10.1 Å². The van der Waals surface area contributed by atoms with E-state index in [9.17, 15) is 28.1 Å². The molecular formula is C15H11Cl2F3N4O4. The number of nitrogens with zero attached hydrogens (tertiary/aromatic N) is 3. The van der Waals surface area contributed by atoms with Crippen molar-refractivity contribution in [1.82, 2.24) is 9.78 Å². The van der Waals surface area contributed by atoms with E-state index in [0.29, 0.717) is 31.6 Å². The summed E-state index contributed by atoms with van der Waals surface area (Å²) in [5.74, 6) is -1.05. The second kappa shape index (κ2) is 7.57. The highest BCUT2D eigenvalue weighted by Crippen LogP contribution is 2.39. The molecule has 0 bridgehead atoms. The quantitative estimate of drug-likeness (QED) is 0.568. The number of alkyl halides is 3. The molecule has 2 heterocycles. The molecule has 8 nitrogen and oxygen atoms in total. The number of hydrogen-bond donors (Lipinski definition) is 1. The number of benzene rings is 1. The maximum atomic E-state index is 12.9. The Balaban J connectivity index is 2.07. The minimum atomic E-state index is -4.70. The first-order valence-electron chi connectivity index (χ1n) is 7.81. The number of amides is 1. The molecule has 150 valence electrons. The van der Waals surface area contributed by atoms with E-state index >= 15 is 0 Å². The molecule has 2 aromatic rings. The Bertz CT molecular complexity index is 919. The van der Waals surface area contributed by atoms with E-state index in [2.05, 4.69) is 10.4 Å². The van der Waals surface area contributed by atoms with Gasteiger partial charge < -0.3 is 10.1 Å². The highest BCUT2D eigenvalue weighted by Gasteiger charge is 2.34. The van der Waals surface area contributed by atoms with Crippen molar-refractivity contribution in [2.45, 2.75) is 25.1 Å². The van der Waals surface area contributed by atoms with Crippen molar-refractivity contribution >= 4 is 40.6 Å². The van der Waals surface area contributed by atoms with E-state index in [4.69, 9.17) is 27.9 Å². The van der Waals surface area contributed by atoms with Gasteiger partial charge in [-0.2, -0.15) is 18.3 Å². The standard InChI is InChI=1S/C15H11Cl2F3N4O4/c16-8-4-7(15(18,19)20)5-9(17)12(8)23-13(10(6-21-23)24(26)27)22-14(25)11-2-1-3-28-11/h4-6,11H,1-3H2,(H,22,25). The number of aromatic nitrogens is 2. The van der Waals surface area contributed by atoms with Gasteiger partial charge in [-0.15, -0.1) is 0 Å². The van der Waals surface area contributed by atoms with Crippen LogP contribution < -0.4 is 5.32 Å². The highest BCUT2D eigenvalue weighted by atomic mass is 35.5. The first-order chi connectivity index (χ1) is 13.1. The Morgan fingerprint density at radius 2 is 2.00 bits per heavy atom. The van der Waals surface area contributed by atoms with Crippen molar-refractivity contribution in [3.05, 3.63) is 44.1 Å². The van der Waals surface area contributed by atoms with Crippen molar-refractivity contribution in [3.8, 4) is 5.69 Å². The lowest BCUT2D eigenvalue weighted by molar-refractivity contribution is -0.384. The van der Waals surface area contributed by atoms with Gasteiger partial charge in [0.1, 0.15) is 18.0 Å². The van der Waals surface area contributed by atoms with Gasteiger partial charge in [-0.1, -0.05) is 23.2 Å². The number of nitro groups is 1. The predicted molar refractivity (Wildman–Crippen MR) is 92.8 cm³/mol. The van der Waals surface area contributed by atoms with E-state index in [0.717, 1.165) is 10.9 Å². The van der Waals surface area contributed by atoms with Crippen LogP contribution in [0.25, 0.3) is 5.69 Å². The van der Waals surface area contributed by atoms with Gasteiger partial charge in [-0.25, -0.2) is 4.68 Å². The van der Waals surface area contributed by atoms with Crippen molar-refractivity contribution in [3.63, 3.8) is 0 Å². The summed E-state index contributed by atoms with van der Waals surface area (Å²) < 4.78 is 44.8. The summed E-state index contributed by atoms with van der Waals surface area (Å²) in [4.78, 5) is 22.8. The highest BCUT2D eigenvalue weighted by molar-refractivity contribution is 6.38. The molecule has 0 aliphatic carbocycles. The Kier molecular flexibility index (Phi) is 5.50. The maximum Gasteiger partial charge on any atom is 0.416 e. The smallest absolute Gasteiger partial charge is 0.368 e. The molecule has 1 saturated heterocycles. The Hall–Kier alpha value is -2.37. The number of ether oxygens (including phenoxy) is 1. The zero-order valence-corrected chi connectivity index (χ0v) is 15.3. The normalized spacial score (nSPS) is 17.0. The van der Waals surface area contributed by atoms with Crippen LogP contribution in [0.2, 0.25) is 10.0 Å². The number of carbonyl (C=O) groups excluding carboxylic acids is 1. The van der Waals surface area contributed by atoms with Crippen LogP contribution in [0.1, 0.15) is 18.4 Å². The molecule has 1 aromatic carbocycles. The summed E-state index contributed by atoms with van der Waals surface area (Å²) >= 11 is 11.9. The molecule has 1 unspecified atom stereocenters. The molecule has 3 rings (SSSR count). The van der Waals surface area contributed by atoms with Crippen molar-refractivity contribution in [2.75, 3.05) is 11.9 Å². The van der Waals surface area contributed by atoms with Gasteiger partial charge in [0, 0.05) is 6.61 Å². The van der Waals surface area contributed by atoms with E-state index < -0.39 is 50.2 Å². The number of carbonyl (C=O) groups is 1. The van der Waals surface area contributed by atoms with Gasteiger partial charge in [0.25, 0.3) is 5.91 Å². The van der Waals surface area contributed by atoms with E-state index in [1.54, 1.807) is 0 Å². The number of halogens is 5. The molecule has 0 spiro atoms. The van der Waals surface area contributed by atoms with Gasteiger partial charge in [-0.3, -0.25) is 14.9 Å². The molecule has 1 atom stereocenters. The van der Waals surface area contributed by atoms with Crippen LogP contribution in [0.15, 0.2) is 18.3 Å². The van der Waals surface area contributed by atoms with Gasteiger partial charge in [-0.05, 0) is 25.0 Å². The molecule has 0 radical (unpaired) electrons. The Morgan fingerprint density at radius 3 is 2.50 bits per heavy atom. The number of anilines is 1. The minimum absolute atomic E-state index is 0.243. The third-order valence-electron chi connectivity index (χ3n) is 3.97. The predicted octanol–water partition coefficient (Wildman–Crippen LogP) is 4.22. The largest absolute Gasteiger partial charge is 0.416 e. The lowest BCUT2D eigenvalue weighted by Gasteiger charge is -2.15. The summed E-state index contributed by atoms with van der Waals surface area (Å²) in [7, 11) is 0. The second-order valence-electron chi connectivity index (χ2n) is 5.82. The monoisotopic (exact) mass is 438 g/mol. The molecule has 13 heteroatoms. The number of hydrogen-bond acceptors (Lipinski definition) is 5. The fourth-order valence-electron chi connectivity index (χ4n) is 2.67. The van der Waals surface area contributed by atoms with Crippen molar-refractivity contribution in [1.29, 1.82) is 0 Å².